The standard InChI is InChI=1S/C14H18N4O2/c1-14(2,20)7-17-13(19)9-5-15-12-11(9)18-10(6-16-12)8-3-4-8/h5-6,8,20H,3-4,7H2,1-2H3,(H,15,16)(H,17,19). The van der Waals surface area contributed by atoms with E-state index < -0.39 is 5.60 Å². The summed E-state index contributed by atoms with van der Waals surface area (Å²) in [5.74, 6) is 0.245. The molecule has 0 unspecified atom stereocenters. The van der Waals surface area contributed by atoms with E-state index in [9.17, 15) is 9.90 Å². The highest BCUT2D eigenvalue weighted by atomic mass is 16.3. The van der Waals surface area contributed by atoms with Crippen LogP contribution >= 0.6 is 0 Å². The first kappa shape index (κ1) is 13.1. The number of hydrogen-bond acceptors (Lipinski definition) is 4. The third-order valence-corrected chi connectivity index (χ3v) is 3.32. The van der Waals surface area contributed by atoms with Gasteiger partial charge in [0.15, 0.2) is 5.65 Å². The van der Waals surface area contributed by atoms with Gasteiger partial charge in [0.1, 0.15) is 5.52 Å². The van der Waals surface area contributed by atoms with Crippen molar-refractivity contribution in [2.45, 2.75) is 38.2 Å². The number of aromatic amines is 1. The zero-order valence-corrected chi connectivity index (χ0v) is 11.6. The first-order chi connectivity index (χ1) is 9.44. The van der Waals surface area contributed by atoms with Gasteiger partial charge in [-0.3, -0.25) is 4.79 Å². The number of rotatable bonds is 4. The normalized spacial score (nSPS) is 15.6. The number of carbonyl (C=O) groups is 1. The molecule has 0 aliphatic heterocycles. The Morgan fingerprint density at radius 1 is 1.55 bits per heavy atom. The fraction of sp³-hybridized carbons (Fsp3) is 0.500. The summed E-state index contributed by atoms with van der Waals surface area (Å²) in [6.45, 7) is 3.48. The van der Waals surface area contributed by atoms with Crippen molar-refractivity contribution in [3.05, 3.63) is 23.7 Å². The minimum Gasteiger partial charge on any atom is -0.389 e. The number of aromatic nitrogens is 3. The van der Waals surface area contributed by atoms with Crippen LogP contribution in [-0.4, -0.2) is 38.1 Å². The van der Waals surface area contributed by atoms with Gasteiger partial charge in [-0.1, -0.05) is 0 Å². The number of H-pyrrole nitrogens is 1. The zero-order valence-electron chi connectivity index (χ0n) is 11.6. The van der Waals surface area contributed by atoms with E-state index in [1.165, 1.54) is 0 Å². The fourth-order valence-corrected chi connectivity index (χ4v) is 2.05. The molecule has 0 spiro atoms. The van der Waals surface area contributed by atoms with Crippen LogP contribution in [0, 0.1) is 0 Å². The summed E-state index contributed by atoms with van der Waals surface area (Å²) >= 11 is 0. The monoisotopic (exact) mass is 274 g/mol. The van der Waals surface area contributed by atoms with Gasteiger partial charge in [-0.15, -0.1) is 0 Å². The molecule has 20 heavy (non-hydrogen) atoms. The minimum atomic E-state index is -0.938. The molecule has 0 bridgehead atoms. The summed E-state index contributed by atoms with van der Waals surface area (Å²) in [5.41, 5.74) is 1.70. The average Bonchev–Trinajstić information content (AvgIpc) is 3.15. The van der Waals surface area contributed by atoms with E-state index in [4.69, 9.17) is 0 Å². The Labute approximate surface area is 116 Å². The van der Waals surface area contributed by atoms with E-state index in [1.54, 1.807) is 26.2 Å². The maximum Gasteiger partial charge on any atom is 0.255 e. The third-order valence-electron chi connectivity index (χ3n) is 3.32. The molecule has 2 aromatic rings. The number of nitrogens with one attached hydrogen (secondary N) is 2. The van der Waals surface area contributed by atoms with E-state index in [0.29, 0.717) is 22.6 Å². The van der Waals surface area contributed by atoms with E-state index in [2.05, 4.69) is 20.3 Å². The van der Waals surface area contributed by atoms with Gasteiger partial charge in [-0.25, -0.2) is 9.97 Å². The van der Waals surface area contributed by atoms with Gasteiger partial charge < -0.3 is 15.4 Å². The van der Waals surface area contributed by atoms with Crippen LogP contribution in [0.3, 0.4) is 0 Å². The number of amides is 1. The van der Waals surface area contributed by atoms with E-state index in [1.807, 2.05) is 0 Å². The van der Waals surface area contributed by atoms with Gasteiger partial charge in [0, 0.05) is 18.7 Å². The summed E-state index contributed by atoms with van der Waals surface area (Å²) in [4.78, 5) is 24.0. The fourth-order valence-electron chi connectivity index (χ4n) is 2.05. The number of carbonyl (C=O) groups excluding carboxylic acids is 1. The smallest absolute Gasteiger partial charge is 0.255 e. The second-order valence-corrected chi connectivity index (χ2v) is 5.96. The molecule has 1 fully saturated rings. The maximum absolute atomic E-state index is 12.2. The molecule has 1 aliphatic rings. The molecule has 0 atom stereocenters. The van der Waals surface area contributed by atoms with Gasteiger partial charge >= 0.3 is 0 Å². The summed E-state index contributed by atoms with van der Waals surface area (Å²) in [6, 6.07) is 0. The molecule has 1 aliphatic carbocycles. The van der Waals surface area contributed by atoms with E-state index in [0.717, 1.165) is 18.5 Å². The molecule has 106 valence electrons. The topological polar surface area (TPSA) is 90.9 Å². The molecule has 0 aromatic carbocycles. The lowest BCUT2D eigenvalue weighted by Gasteiger charge is -2.17. The second-order valence-electron chi connectivity index (χ2n) is 5.96. The molecule has 6 nitrogen and oxygen atoms in total. The van der Waals surface area contributed by atoms with Crippen molar-refractivity contribution < 1.29 is 9.90 Å². The maximum atomic E-state index is 12.2. The van der Waals surface area contributed by atoms with Gasteiger partial charge in [0.25, 0.3) is 5.91 Å². The van der Waals surface area contributed by atoms with Crippen molar-refractivity contribution in [2.24, 2.45) is 0 Å². The Hall–Kier alpha value is -1.95. The molecular weight excluding hydrogens is 256 g/mol. The quantitative estimate of drug-likeness (QED) is 0.784. The van der Waals surface area contributed by atoms with Crippen LogP contribution in [0.1, 0.15) is 48.7 Å². The summed E-state index contributed by atoms with van der Waals surface area (Å²) in [7, 11) is 0. The van der Waals surface area contributed by atoms with Crippen LogP contribution in [0.4, 0.5) is 0 Å². The Kier molecular flexibility index (Phi) is 2.97. The first-order valence-electron chi connectivity index (χ1n) is 6.79. The van der Waals surface area contributed by atoms with Gasteiger partial charge in [-0.05, 0) is 26.7 Å². The van der Waals surface area contributed by atoms with E-state index in [-0.39, 0.29) is 12.5 Å². The number of nitrogens with zero attached hydrogens (tertiary/aromatic N) is 2. The highest BCUT2D eigenvalue weighted by Gasteiger charge is 2.26. The lowest BCUT2D eigenvalue weighted by atomic mass is 10.1. The highest BCUT2D eigenvalue weighted by Crippen LogP contribution is 2.39. The summed E-state index contributed by atoms with van der Waals surface area (Å²) in [6.07, 6.45) is 5.67. The second kappa shape index (κ2) is 4.56. The number of fused-ring (bicyclic) bond motifs is 1. The van der Waals surface area contributed by atoms with Crippen molar-refractivity contribution >= 4 is 17.1 Å². The van der Waals surface area contributed by atoms with E-state index >= 15 is 0 Å². The number of aliphatic hydroxyl groups is 1. The lowest BCUT2D eigenvalue weighted by molar-refractivity contribution is 0.0695. The number of hydrogen-bond donors (Lipinski definition) is 3. The summed E-state index contributed by atoms with van der Waals surface area (Å²) < 4.78 is 0. The third kappa shape index (κ3) is 2.65. The Balaban J connectivity index is 1.86. The van der Waals surface area contributed by atoms with Crippen molar-refractivity contribution in [3.63, 3.8) is 0 Å². The molecule has 0 saturated heterocycles. The summed E-state index contributed by atoms with van der Waals surface area (Å²) in [5, 5.41) is 12.4. The molecule has 2 aromatic heterocycles. The van der Waals surface area contributed by atoms with Gasteiger partial charge in [0.2, 0.25) is 0 Å². The Morgan fingerprint density at radius 2 is 2.30 bits per heavy atom. The van der Waals surface area contributed by atoms with Crippen LogP contribution in [0.2, 0.25) is 0 Å². The zero-order chi connectivity index (χ0) is 14.3. The molecule has 2 heterocycles. The molecule has 3 N–H and O–H groups in total. The molecular formula is C14H18N4O2. The minimum absolute atomic E-state index is 0.189. The van der Waals surface area contributed by atoms with Crippen LogP contribution in [-0.2, 0) is 0 Å². The van der Waals surface area contributed by atoms with Crippen LogP contribution in [0.5, 0.6) is 0 Å². The Morgan fingerprint density at radius 3 is 2.95 bits per heavy atom. The van der Waals surface area contributed by atoms with Crippen molar-refractivity contribution in [1.82, 2.24) is 20.3 Å². The van der Waals surface area contributed by atoms with Gasteiger partial charge in [0.05, 0.1) is 23.1 Å². The van der Waals surface area contributed by atoms with Crippen molar-refractivity contribution in [2.75, 3.05) is 6.54 Å². The lowest BCUT2D eigenvalue weighted by Crippen LogP contribution is -2.38. The first-order valence-corrected chi connectivity index (χ1v) is 6.79. The van der Waals surface area contributed by atoms with Crippen molar-refractivity contribution in [1.29, 1.82) is 0 Å². The molecule has 1 saturated carbocycles. The average molecular weight is 274 g/mol. The Bertz CT molecular complexity index is 653. The molecule has 3 rings (SSSR count). The van der Waals surface area contributed by atoms with Crippen molar-refractivity contribution in [3.8, 4) is 0 Å². The predicted molar refractivity (Wildman–Crippen MR) is 74.5 cm³/mol. The van der Waals surface area contributed by atoms with Crippen LogP contribution in [0.25, 0.3) is 11.2 Å². The predicted octanol–water partition coefficient (Wildman–Crippen LogP) is 1.34. The molecule has 6 heteroatoms. The molecule has 1 amide bonds. The largest absolute Gasteiger partial charge is 0.389 e. The van der Waals surface area contributed by atoms with Gasteiger partial charge in [-0.2, -0.15) is 0 Å². The molecule has 0 radical (unpaired) electrons. The highest BCUT2D eigenvalue weighted by molar-refractivity contribution is 6.04. The van der Waals surface area contributed by atoms with Crippen LogP contribution in [0.15, 0.2) is 12.4 Å². The SMILES string of the molecule is CC(C)(O)CNC(=O)c1c[nH]c2ncc(C3CC3)nc12. The van der Waals surface area contributed by atoms with Crippen LogP contribution < -0.4 is 5.32 Å².